The van der Waals surface area contributed by atoms with E-state index in [1.165, 1.54) is 17.0 Å². The van der Waals surface area contributed by atoms with Gasteiger partial charge in [-0.15, -0.1) is 11.3 Å². The molecule has 1 amide bonds. The molecule has 0 bridgehead atoms. The second-order valence-corrected chi connectivity index (χ2v) is 4.67. The highest BCUT2D eigenvalue weighted by Gasteiger charge is 2.04. The van der Waals surface area contributed by atoms with Crippen LogP contribution in [0.5, 0.6) is 0 Å². The maximum Gasteiger partial charge on any atom is 0.224 e. The lowest BCUT2D eigenvalue weighted by atomic mass is 10.2. The lowest BCUT2D eigenvalue weighted by Crippen LogP contribution is -2.12. The first-order chi connectivity index (χ1) is 8.24. The molecule has 1 aromatic carbocycles. The third kappa shape index (κ3) is 3.67. The Bertz CT molecular complexity index is 496. The van der Waals surface area contributed by atoms with Crippen LogP contribution in [0, 0.1) is 5.82 Å². The molecule has 0 unspecified atom stereocenters. The zero-order valence-electron chi connectivity index (χ0n) is 9.15. The number of benzene rings is 1. The highest BCUT2D eigenvalue weighted by atomic mass is 32.1. The fourth-order valence-corrected chi connectivity index (χ4v) is 2.19. The van der Waals surface area contributed by atoms with Crippen molar-refractivity contribution in [2.75, 3.05) is 5.32 Å². The van der Waals surface area contributed by atoms with Gasteiger partial charge in [0.15, 0.2) is 0 Å². The third-order valence-corrected chi connectivity index (χ3v) is 3.22. The van der Waals surface area contributed by atoms with Crippen LogP contribution in [-0.4, -0.2) is 5.91 Å². The molecule has 0 fully saturated rings. The van der Waals surface area contributed by atoms with E-state index in [1.54, 1.807) is 23.5 Å². The summed E-state index contributed by atoms with van der Waals surface area (Å²) in [5, 5.41) is 4.66. The van der Waals surface area contributed by atoms with Crippen LogP contribution in [0.1, 0.15) is 11.3 Å². The zero-order valence-corrected chi connectivity index (χ0v) is 9.97. The molecule has 0 aliphatic heterocycles. The molecule has 0 aliphatic rings. The molecule has 88 valence electrons. The summed E-state index contributed by atoms with van der Waals surface area (Å²) < 4.78 is 12.9. The monoisotopic (exact) mass is 249 g/mol. The highest BCUT2D eigenvalue weighted by Crippen LogP contribution is 2.13. The fraction of sp³-hybridized carbons (Fsp3) is 0.154. The van der Waals surface area contributed by atoms with E-state index in [4.69, 9.17) is 0 Å². The maximum absolute atomic E-state index is 12.9. The van der Waals surface area contributed by atoms with Gasteiger partial charge in [0.2, 0.25) is 5.91 Å². The number of amides is 1. The van der Waals surface area contributed by atoms with Gasteiger partial charge in [-0.05, 0) is 36.1 Å². The van der Waals surface area contributed by atoms with Gasteiger partial charge in [-0.3, -0.25) is 4.79 Å². The maximum atomic E-state index is 12.9. The molecule has 0 saturated carbocycles. The summed E-state index contributed by atoms with van der Waals surface area (Å²) in [6, 6.07) is 9.87. The van der Waals surface area contributed by atoms with E-state index in [1.807, 2.05) is 17.5 Å². The summed E-state index contributed by atoms with van der Waals surface area (Å²) >= 11 is 1.63. The summed E-state index contributed by atoms with van der Waals surface area (Å²) in [6.07, 6.45) is 1.13. The first kappa shape index (κ1) is 11.8. The molecule has 17 heavy (non-hydrogen) atoms. The SMILES string of the molecule is O=C(CCc1cccs1)Nc1cccc(F)c1. The van der Waals surface area contributed by atoms with Crippen LogP contribution < -0.4 is 5.32 Å². The average Bonchev–Trinajstić information content (AvgIpc) is 2.79. The normalized spacial score (nSPS) is 10.2. The van der Waals surface area contributed by atoms with Gasteiger partial charge in [-0.2, -0.15) is 0 Å². The lowest BCUT2D eigenvalue weighted by molar-refractivity contribution is -0.116. The van der Waals surface area contributed by atoms with Gasteiger partial charge in [0.1, 0.15) is 5.82 Å². The Labute approximate surface area is 103 Å². The van der Waals surface area contributed by atoms with Gasteiger partial charge < -0.3 is 5.32 Å². The standard InChI is InChI=1S/C13H12FNOS/c14-10-3-1-4-11(9-10)15-13(16)7-6-12-5-2-8-17-12/h1-5,8-9H,6-7H2,(H,15,16). The van der Waals surface area contributed by atoms with E-state index in [9.17, 15) is 9.18 Å². The summed E-state index contributed by atoms with van der Waals surface area (Å²) in [6.45, 7) is 0. The van der Waals surface area contributed by atoms with Crippen LogP contribution in [0.3, 0.4) is 0 Å². The third-order valence-electron chi connectivity index (χ3n) is 2.29. The summed E-state index contributed by atoms with van der Waals surface area (Å²) in [7, 11) is 0. The van der Waals surface area contributed by atoms with Crippen molar-refractivity contribution in [3.63, 3.8) is 0 Å². The molecule has 2 nitrogen and oxygen atoms in total. The number of rotatable bonds is 4. The van der Waals surface area contributed by atoms with Crippen LogP contribution >= 0.6 is 11.3 Å². The predicted octanol–water partition coefficient (Wildman–Crippen LogP) is 3.46. The van der Waals surface area contributed by atoms with Crippen molar-refractivity contribution in [3.8, 4) is 0 Å². The van der Waals surface area contributed by atoms with Crippen molar-refractivity contribution in [2.24, 2.45) is 0 Å². The van der Waals surface area contributed by atoms with Crippen molar-refractivity contribution in [1.82, 2.24) is 0 Å². The first-order valence-electron chi connectivity index (χ1n) is 5.32. The molecule has 1 heterocycles. The van der Waals surface area contributed by atoms with Crippen LogP contribution in [0.25, 0.3) is 0 Å². The van der Waals surface area contributed by atoms with Gasteiger partial charge in [0.25, 0.3) is 0 Å². The van der Waals surface area contributed by atoms with Crippen LogP contribution in [0.15, 0.2) is 41.8 Å². The van der Waals surface area contributed by atoms with Gasteiger partial charge in [0, 0.05) is 17.0 Å². The van der Waals surface area contributed by atoms with E-state index in [2.05, 4.69) is 5.32 Å². The molecule has 0 aliphatic carbocycles. The van der Waals surface area contributed by atoms with Crippen molar-refractivity contribution in [2.45, 2.75) is 12.8 Å². The van der Waals surface area contributed by atoms with E-state index >= 15 is 0 Å². The van der Waals surface area contributed by atoms with E-state index in [0.717, 1.165) is 6.42 Å². The topological polar surface area (TPSA) is 29.1 Å². The first-order valence-corrected chi connectivity index (χ1v) is 6.20. The smallest absolute Gasteiger partial charge is 0.224 e. The largest absolute Gasteiger partial charge is 0.326 e. The Morgan fingerprint density at radius 3 is 2.88 bits per heavy atom. The van der Waals surface area contributed by atoms with Gasteiger partial charge >= 0.3 is 0 Å². The Kier molecular flexibility index (Phi) is 3.88. The Balaban J connectivity index is 1.85. The number of carbonyl (C=O) groups excluding carboxylic acids is 1. The molecule has 2 rings (SSSR count). The number of halogens is 1. The number of hydrogen-bond acceptors (Lipinski definition) is 2. The predicted molar refractivity (Wildman–Crippen MR) is 67.7 cm³/mol. The highest BCUT2D eigenvalue weighted by molar-refractivity contribution is 7.09. The minimum atomic E-state index is -0.346. The van der Waals surface area contributed by atoms with Gasteiger partial charge in [-0.25, -0.2) is 4.39 Å². The summed E-state index contributed by atoms with van der Waals surface area (Å²) in [5.74, 6) is -0.440. The summed E-state index contributed by atoms with van der Waals surface area (Å²) in [4.78, 5) is 12.8. The minimum Gasteiger partial charge on any atom is -0.326 e. The van der Waals surface area contributed by atoms with Crippen molar-refractivity contribution in [1.29, 1.82) is 0 Å². The van der Waals surface area contributed by atoms with Gasteiger partial charge in [-0.1, -0.05) is 12.1 Å². The zero-order chi connectivity index (χ0) is 12.1. The van der Waals surface area contributed by atoms with Crippen LogP contribution in [-0.2, 0) is 11.2 Å². The van der Waals surface area contributed by atoms with E-state index in [-0.39, 0.29) is 11.7 Å². The second-order valence-electron chi connectivity index (χ2n) is 3.64. The number of hydrogen-bond donors (Lipinski definition) is 1. The Hall–Kier alpha value is -1.68. The quantitative estimate of drug-likeness (QED) is 0.883. The molecule has 2 aromatic rings. The summed E-state index contributed by atoms with van der Waals surface area (Å²) in [5.41, 5.74) is 0.501. The van der Waals surface area contributed by atoms with Crippen molar-refractivity contribution >= 4 is 22.9 Å². The van der Waals surface area contributed by atoms with Crippen LogP contribution in [0.2, 0.25) is 0 Å². The van der Waals surface area contributed by atoms with Crippen LogP contribution in [0.4, 0.5) is 10.1 Å². The molecule has 0 saturated heterocycles. The average molecular weight is 249 g/mol. The number of thiophene rings is 1. The number of nitrogens with one attached hydrogen (secondary N) is 1. The van der Waals surface area contributed by atoms with Crippen molar-refractivity contribution < 1.29 is 9.18 Å². The fourth-order valence-electron chi connectivity index (χ4n) is 1.48. The van der Waals surface area contributed by atoms with E-state index in [0.29, 0.717) is 12.1 Å². The number of carbonyl (C=O) groups is 1. The number of aryl methyl sites for hydroxylation is 1. The van der Waals surface area contributed by atoms with Gasteiger partial charge in [0.05, 0.1) is 0 Å². The van der Waals surface area contributed by atoms with E-state index < -0.39 is 0 Å². The minimum absolute atomic E-state index is 0.0935. The molecular formula is C13H12FNOS. The van der Waals surface area contributed by atoms with Crippen molar-refractivity contribution in [3.05, 3.63) is 52.5 Å². The second kappa shape index (κ2) is 5.59. The lowest BCUT2D eigenvalue weighted by Gasteiger charge is -2.04. The molecular weight excluding hydrogens is 237 g/mol. The Morgan fingerprint density at radius 1 is 1.29 bits per heavy atom. The molecule has 1 N–H and O–H groups in total. The molecule has 4 heteroatoms. The number of anilines is 1. The molecule has 0 atom stereocenters. The Morgan fingerprint density at radius 2 is 2.18 bits per heavy atom. The molecule has 0 spiro atoms. The molecule has 1 aromatic heterocycles. The molecule has 0 radical (unpaired) electrons.